The topological polar surface area (TPSA) is 111 Å². The van der Waals surface area contributed by atoms with E-state index in [2.05, 4.69) is 5.10 Å². The van der Waals surface area contributed by atoms with Crippen molar-refractivity contribution in [2.45, 2.75) is 43.4 Å². The first-order valence-electron chi connectivity index (χ1n) is 13.1. The van der Waals surface area contributed by atoms with Gasteiger partial charge in [0.1, 0.15) is 22.8 Å². The summed E-state index contributed by atoms with van der Waals surface area (Å²) in [6.07, 6.45) is 4.07. The van der Waals surface area contributed by atoms with Crippen LogP contribution < -0.4 is 0 Å². The average molecular weight is 518 g/mol. The SMILES string of the molecule is O=C(N1CC(CN2C(=O)C3(CC3)N=C2c2ccc(-c3ccc4c(cnn4CCO)c3)cc2F)C1)C1(O)CC1. The lowest BCUT2D eigenvalue weighted by Gasteiger charge is -2.42. The molecule has 0 atom stereocenters. The van der Waals surface area contributed by atoms with Crippen LogP contribution in [0, 0.1) is 11.7 Å². The van der Waals surface area contributed by atoms with Crippen molar-refractivity contribution >= 4 is 28.6 Å². The minimum Gasteiger partial charge on any atom is -0.394 e. The van der Waals surface area contributed by atoms with Crippen LogP contribution in [0.2, 0.25) is 0 Å². The monoisotopic (exact) mass is 517 g/mol. The number of aliphatic imine (C=N–C) groups is 1. The standard InChI is InChI=1S/C28H28FN5O4/c29-22-12-19(18-2-4-23-20(11-18)13-30-34(23)9-10-35)1-3-21(22)24-31-27(5-6-27)25(36)33(24)16-17-14-32(15-17)26(37)28(38)7-8-28/h1-4,11-13,17,35,38H,5-10,14-16H2. The van der Waals surface area contributed by atoms with E-state index in [9.17, 15) is 19.8 Å². The van der Waals surface area contributed by atoms with Crippen LogP contribution >= 0.6 is 0 Å². The van der Waals surface area contributed by atoms with Gasteiger partial charge in [-0.15, -0.1) is 0 Å². The van der Waals surface area contributed by atoms with Gasteiger partial charge in [-0.05, 0) is 61.1 Å². The van der Waals surface area contributed by atoms with Crippen LogP contribution in [0.3, 0.4) is 0 Å². The minimum atomic E-state index is -1.19. The number of aliphatic hydroxyl groups is 2. The van der Waals surface area contributed by atoms with Gasteiger partial charge in [0.2, 0.25) is 0 Å². The molecule has 2 saturated carbocycles. The van der Waals surface area contributed by atoms with E-state index in [1.54, 1.807) is 26.7 Å². The zero-order chi connectivity index (χ0) is 26.2. The van der Waals surface area contributed by atoms with Crippen LogP contribution in [0.15, 0.2) is 47.6 Å². The lowest BCUT2D eigenvalue weighted by Crippen LogP contribution is -2.57. The Kier molecular flexibility index (Phi) is 5.06. The second-order valence-corrected chi connectivity index (χ2v) is 11.1. The van der Waals surface area contributed by atoms with Crippen molar-refractivity contribution < 1.29 is 24.2 Å². The van der Waals surface area contributed by atoms with Crippen LogP contribution in [0.25, 0.3) is 22.0 Å². The number of nitrogens with zero attached hydrogens (tertiary/aromatic N) is 5. The van der Waals surface area contributed by atoms with Crippen LogP contribution in [0.4, 0.5) is 4.39 Å². The lowest BCUT2D eigenvalue weighted by atomic mass is 9.97. The predicted octanol–water partition coefficient (Wildman–Crippen LogP) is 1.94. The number of amides is 2. The van der Waals surface area contributed by atoms with E-state index in [0.29, 0.717) is 68.8 Å². The summed E-state index contributed by atoms with van der Waals surface area (Å²) in [7, 11) is 0. The quantitative estimate of drug-likeness (QED) is 0.498. The summed E-state index contributed by atoms with van der Waals surface area (Å²) in [6.45, 7) is 1.73. The molecule has 2 aliphatic carbocycles. The van der Waals surface area contributed by atoms with Crippen molar-refractivity contribution in [3.63, 3.8) is 0 Å². The molecule has 1 aromatic heterocycles. The largest absolute Gasteiger partial charge is 0.394 e. The highest BCUT2D eigenvalue weighted by atomic mass is 19.1. The molecule has 1 saturated heterocycles. The van der Waals surface area contributed by atoms with Gasteiger partial charge in [0.05, 0.1) is 30.4 Å². The Morgan fingerprint density at radius 3 is 2.50 bits per heavy atom. The molecule has 0 bridgehead atoms. The highest BCUT2D eigenvalue weighted by Crippen LogP contribution is 2.47. The Morgan fingerprint density at radius 2 is 1.82 bits per heavy atom. The summed E-state index contributed by atoms with van der Waals surface area (Å²) < 4.78 is 17.3. The molecule has 3 fully saturated rings. The summed E-state index contributed by atoms with van der Waals surface area (Å²) in [5.41, 5.74) is 0.778. The molecule has 0 radical (unpaired) electrons. The molecule has 10 heteroatoms. The van der Waals surface area contributed by atoms with Crippen molar-refractivity contribution in [3.05, 3.63) is 54.0 Å². The zero-order valence-electron chi connectivity index (χ0n) is 20.8. The Bertz CT molecular complexity index is 1520. The maximum absolute atomic E-state index is 15.6. The van der Waals surface area contributed by atoms with Gasteiger partial charge in [-0.1, -0.05) is 12.1 Å². The fourth-order valence-electron chi connectivity index (χ4n) is 5.63. The van der Waals surface area contributed by atoms with E-state index >= 15 is 4.39 Å². The maximum atomic E-state index is 15.6. The molecule has 2 amide bonds. The fraction of sp³-hybridized carbons (Fsp3) is 0.429. The number of carbonyl (C=O) groups is 2. The Labute approximate surface area is 218 Å². The van der Waals surface area contributed by atoms with Crippen molar-refractivity contribution in [1.82, 2.24) is 19.6 Å². The number of rotatable bonds is 7. The number of hydrogen-bond donors (Lipinski definition) is 2. The molecule has 9 nitrogen and oxygen atoms in total. The van der Waals surface area contributed by atoms with Crippen LogP contribution in [0.5, 0.6) is 0 Å². The number of carbonyl (C=O) groups excluding carboxylic acids is 2. The molecule has 0 unspecified atom stereocenters. The van der Waals surface area contributed by atoms with Crippen LogP contribution in [-0.4, -0.2) is 84.8 Å². The molecule has 4 aliphatic rings. The number of hydrogen-bond acceptors (Lipinski definition) is 6. The van der Waals surface area contributed by atoms with Crippen LogP contribution in [-0.2, 0) is 16.1 Å². The smallest absolute Gasteiger partial charge is 0.256 e. The highest BCUT2D eigenvalue weighted by Gasteiger charge is 2.58. The molecule has 196 valence electrons. The molecule has 3 heterocycles. The zero-order valence-corrected chi connectivity index (χ0v) is 20.8. The molecule has 3 aromatic rings. The number of halogens is 1. The van der Waals surface area contributed by atoms with Gasteiger partial charge in [-0.2, -0.15) is 5.10 Å². The van der Waals surface area contributed by atoms with Gasteiger partial charge < -0.3 is 15.1 Å². The van der Waals surface area contributed by atoms with E-state index in [1.807, 2.05) is 24.3 Å². The summed E-state index contributed by atoms with van der Waals surface area (Å²) in [5.74, 6) is -0.344. The van der Waals surface area contributed by atoms with Gasteiger partial charge >= 0.3 is 0 Å². The van der Waals surface area contributed by atoms with E-state index in [0.717, 1.165) is 16.5 Å². The second-order valence-electron chi connectivity index (χ2n) is 11.1. The third-order valence-electron chi connectivity index (χ3n) is 8.25. The normalized spacial score (nSPS) is 21.2. The van der Waals surface area contributed by atoms with Crippen LogP contribution in [0.1, 0.15) is 31.2 Å². The van der Waals surface area contributed by atoms with Gasteiger partial charge in [0, 0.05) is 30.9 Å². The van der Waals surface area contributed by atoms with Crippen molar-refractivity contribution in [3.8, 4) is 11.1 Å². The van der Waals surface area contributed by atoms with E-state index in [4.69, 9.17) is 4.99 Å². The van der Waals surface area contributed by atoms with Crippen molar-refractivity contribution in [2.75, 3.05) is 26.2 Å². The molecular weight excluding hydrogens is 489 g/mol. The van der Waals surface area contributed by atoms with E-state index < -0.39 is 17.0 Å². The average Bonchev–Trinajstić information content (AvgIpc) is 3.78. The van der Waals surface area contributed by atoms with Gasteiger partial charge in [-0.25, -0.2) is 4.39 Å². The summed E-state index contributed by atoms with van der Waals surface area (Å²) in [5, 5.41) is 24.5. The van der Waals surface area contributed by atoms with Gasteiger partial charge in [0.25, 0.3) is 11.8 Å². The molecule has 1 spiro atoms. The third kappa shape index (κ3) is 3.65. The predicted molar refractivity (Wildman–Crippen MR) is 137 cm³/mol. The van der Waals surface area contributed by atoms with E-state index in [-0.39, 0.29) is 24.3 Å². The van der Waals surface area contributed by atoms with Crippen molar-refractivity contribution in [2.24, 2.45) is 10.9 Å². The van der Waals surface area contributed by atoms with E-state index in [1.165, 1.54) is 6.07 Å². The molecule has 2 aromatic carbocycles. The maximum Gasteiger partial charge on any atom is 0.256 e. The molecule has 7 rings (SSSR count). The Morgan fingerprint density at radius 1 is 1.08 bits per heavy atom. The number of aliphatic hydroxyl groups excluding tert-OH is 1. The first kappa shape index (κ1) is 23.5. The summed E-state index contributed by atoms with van der Waals surface area (Å²) >= 11 is 0. The van der Waals surface area contributed by atoms with Gasteiger partial charge in [-0.3, -0.25) is 24.2 Å². The van der Waals surface area contributed by atoms with Crippen molar-refractivity contribution in [1.29, 1.82) is 0 Å². The Hall–Kier alpha value is -3.63. The summed E-state index contributed by atoms with van der Waals surface area (Å²) in [6, 6.07) is 10.7. The number of amidine groups is 1. The fourth-order valence-corrected chi connectivity index (χ4v) is 5.63. The molecule has 2 aliphatic heterocycles. The second kappa shape index (κ2) is 8.18. The summed E-state index contributed by atoms with van der Waals surface area (Å²) in [4.78, 5) is 33.6. The third-order valence-corrected chi connectivity index (χ3v) is 8.25. The lowest BCUT2D eigenvalue weighted by molar-refractivity contribution is -0.149. The highest BCUT2D eigenvalue weighted by molar-refractivity contribution is 6.16. The molecule has 38 heavy (non-hydrogen) atoms. The van der Waals surface area contributed by atoms with Gasteiger partial charge in [0.15, 0.2) is 0 Å². The molecule has 2 N–H and O–H groups in total. The first-order valence-corrected chi connectivity index (χ1v) is 13.1. The Balaban J connectivity index is 1.12. The number of fused-ring (bicyclic) bond motifs is 1. The number of aromatic nitrogens is 2. The minimum absolute atomic E-state index is 0.00359. The number of likely N-dealkylation sites (tertiary alicyclic amines) is 1. The number of benzene rings is 2. The first-order chi connectivity index (χ1) is 18.3. The molecular formula is C28H28FN5O4.